The highest BCUT2D eigenvalue weighted by molar-refractivity contribution is 7.09. The number of hydrogen-bond donors (Lipinski definition) is 1. The first-order valence-corrected chi connectivity index (χ1v) is 5.56. The Morgan fingerprint density at radius 1 is 1.44 bits per heavy atom. The van der Waals surface area contributed by atoms with E-state index in [1.165, 1.54) is 6.07 Å². The number of aromatic amines is 1. The molecule has 0 aliphatic rings. The molecule has 5 nitrogen and oxygen atoms in total. The number of nitrogens with zero attached hydrogens (tertiary/aromatic N) is 1. The van der Waals surface area contributed by atoms with Crippen molar-refractivity contribution in [3.8, 4) is 0 Å². The predicted molar refractivity (Wildman–Crippen MR) is 61.3 cm³/mol. The number of thiophene rings is 1. The standard InChI is InChI=1S/C10H9N3O2S/c14-13(15)9-4-1-5-11-10(9)12-7-8-3-2-6-16-8/h1-6H,7H2,(H,11,12)/p+1. The van der Waals surface area contributed by atoms with E-state index in [0.29, 0.717) is 12.4 Å². The van der Waals surface area contributed by atoms with Crippen LogP contribution >= 0.6 is 11.3 Å². The third-order valence-corrected chi connectivity index (χ3v) is 2.93. The molecule has 6 heteroatoms. The Labute approximate surface area is 95.9 Å². The van der Waals surface area contributed by atoms with Gasteiger partial charge in [-0.15, -0.1) is 11.3 Å². The van der Waals surface area contributed by atoms with Gasteiger partial charge >= 0.3 is 11.5 Å². The fourth-order valence-corrected chi connectivity index (χ4v) is 1.95. The molecule has 0 aliphatic heterocycles. The molecule has 0 spiro atoms. The summed E-state index contributed by atoms with van der Waals surface area (Å²) in [4.78, 5) is 14.3. The van der Waals surface area contributed by atoms with E-state index in [4.69, 9.17) is 0 Å². The molecular formula is C10H10N3O2S+. The number of H-pyrrole nitrogens is 1. The Morgan fingerprint density at radius 2 is 2.31 bits per heavy atom. The number of anilines is 1. The number of rotatable bonds is 4. The highest BCUT2D eigenvalue weighted by atomic mass is 32.1. The van der Waals surface area contributed by atoms with Gasteiger partial charge in [0.2, 0.25) is 0 Å². The maximum atomic E-state index is 10.7. The SMILES string of the molecule is O=[N+]([O-])c1ccc[nH+]c1NCc1cccs1. The summed E-state index contributed by atoms with van der Waals surface area (Å²) in [6, 6.07) is 7.00. The van der Waals surface area contributed by atoms with Gasteiger partial charge in [-0.05, 0) is 17.5 Å². The molecule has 0 unspecified atom stereocenters. The molecule has 16 heavy (non-hydrogen) atoms. The molecule has 0 fully saturated rings. The Hall–Kier alpha value is -1.95. The van der Waals surface area contributed by atoms with Crippen molar-refractivity contribution in [2.45, 2.75) is 6.54 Å². The Kier molecular flexibility index (Phi) is 3.11. The molecule has 2 N–H and O–H groups in total. The van der Waals surface area contributed by atoms with Gasteiger partial charge in [0, 0.05) is 10.9 Å². The highest BCUT2D eigenvalue weighted by Gasteiger charge is 2.19. The van der Waals surface area contributed by atoms with Crippen molar-refractivity contribution in [1.29, 1.82) is 0 Å². The second-order valence-corrected chi connectivity index (χ2v) is 4.15. The van der Waals surface area contributed by atoms with Gasteiger partial charge in [-0.1, -0.05) is 6.07 Å². The molecule has 2 rings (SSSR count). The van der Waals surface area contributed by atoms with Gasteiger partial charge in [-0.25, -0.2) is 4.98 Å². The van der Waals surface area contributed by atoms with Crippen molar-refractivity contribution >= 4 is 22.8 Å². The number of nitro groups is 1. The van der Waals surface area contributed by atoms with E-state index in [-0.39, 0.29) is 5.69 Å². The van der Waals surface area contributed by atoms with E-state index < -0.39 is 4.92 Å². The van der Waals surface area contributed by atoms with Gasteiger partial charge in [0.05, 0.1) is 11.1 Å². The topological polar surface area (TPSA) is 69.3 Å². The second-order valence-electron chi connectivity index (χ2n) is 3.12. The summed E-state index contributed by atoms with van der Waals surface area (Å²) in [7, 11) is 0. The Morgan fingerprint density at radius 3 is 3.00 bits per heavy atom. The molecule has 2 heterocycles. The molecular weight excluding hydrogens is 226 g/mol. The van der Waals surface area contributed by atoms with E-state index in [9.17, 15) is 10.1 Å². The maximum absolute atomic E-state index is 10.7. The van der Waals surface area contributed by atoms with Gasteiger partial charge in [-0.2, -0.15) is 0 Å². The third-order valence-electron chi connectivity index (χ3n) is 2.05. The predicted octanol–water partition coefficient (Wildman–Crippen LogP) is 2.08. The zero-order valence-corrected chi connectivity index (χ0v) is 9.16. The van der Waals surface area contributed by atoms with Crippen molar-refractivity contribution in [3.05, 3.63) is 50.8 Å². The summed E-state index contributed by atoms with van der Waals surface area (Å²) in [5, 5.41) is 15.7. The first kappa shape index (κ1) is 10.6. The molecule has 0 saturated carbocycles. The normalized spacial score (nSPS) is 10.0. The molecule has 0 aromatic carbocycles. The van der Waals surface area contributed by atoms with Crippen LogP contribution in [0.25, 0.3) is 0 Å². The van der Waals surface area contributed by atoms with Crippen LogP contribution in [0.5, 0.6) is 0 Å². The minimum atomic E-state index is -0.409. The molecule has 0 atom stereocenters. The van der Waals surface area contributed by atoms with Gasteiger partial charge in [0.25, 0.3) is 0 Å². The first-order chi connectivity index (χ1) is 7.77. The van der Waals surface area contributed by atoms with Crippen molar-refractivity contribution in [2.75, 3.05) is 5.32 Å². The van der Waals surface area contributed by atoms with Crippen LogP contribution < -0.4 is 10.3 Å². The lowest BCUT2D eigenvalue weighted by atomic mass is 10.4. The zero-order valence-electron chi connectivity index (χ0n) is 8.34. The summed E-state index contributed by atoms with van der Waals surface area (Å²) in [6.45, 7) is 0.582. The van der Waals surface area contributed by atoms with Crippen LogP contribution in [0.2, 0.25) is 0 Å². The van der Waals surface area contributed by atoms with E-state index >= 15 is 0 Å². The summed E-state index contributed by atoms with van der Waals surface area (Å²) in [5.74, 6) is 0.431. The lowest BCUT2D eigenvalue weighted by molar-refractivity contribution is -0.409. The Bertz CT molecular complexity index is 485. The van der Waals surface area contributed by atoms with E-state index in [1.54, 1.807) is 23.6 Å². The second kappa shape index (κ2) is 4.71. The molecule has 0 bridgehead atoms. The van der Waals surface area contributed by atoms with Crippen LogP contribution in [0.3, 0.4) is 0 Å². The number of hydrogen-bond acceptors (Lipinski definition) is 4. The van der Waals surface area contributed by atoms with Crippen molar-refractivity contribution in [2.24, 2.45) is 0 Å². The quantitative estimate of drug-likeness (QED) is 0.652. The molecule has 0 radical (unpaired) electrons. The average Bonchev–Trinajstić information content (AvgIpc) is 2.79. The fraction of sp³-hybridized carbons (Fsp3) is 0.100. The van der Waals surface area contributed by atoms with E-state index in [2.05, 4.69) is 10.3 Å². The molecule has 2 aromatic heterocycles. The zero-order chi connectivity index (χ0) is 11.4. The van der Waals surface area contributed by atoms with E-state index in [1.807, 2.05) is 17.5 Å². The molecule has 82 valence electrons. The summed E-state index contributed by atoms with van der Waals surface area (Å²) >= 11 is 1.61. The minimum Gasteiger partial charge on any atom is -0.263 e. The molecule has 0 aliphatic carbocycles. The molecule has 2 aromatic rings. The van der Waals surface area contributed by atoms with Gasteiger partial charge in [0.15, 0.2) is 0 Å². The van der Waals surface area contributed by atoms with Crippen LogP contribution in [0.1, 0.15) is 4.88 Å². The number of aromatic nitrogens is 1. The van der Waals surface area contributed by atoms with Gasteiger partial charge in [-0.3, -0.25) is 15.4 Å². The summed E-state index contributed by atoms with van der Waals surface area (Å²) in [6.07, 6.45) is 1.66. The van der Waals surface area contributed by atoms with Crippen molar-refractivity contribution in [1.82, 2.24) is 0 Å². The average molecular weight is 236 g/mol. The monoisotopic (exact) mass is 236 g/mol. The van der Waals surface area contributed by atoms with Crippen LogP contribution in [-0.4, -0.2) is 4.92 Å². The smallest absolute Gasteiger partial charge is 0.263 e. The number of pyridine rings is 1. The third kappa shape index (κ3) is 2.34. The lowest BCUT2D eigenvalue weighted by Gasteiger charge is -1.97. The Balaban J connectivity index is 2.12. The number of nitrogens with one attached hydrogen (secondary N) is 2. The largest absolute Gasteiger partial charge is 0.357 e. The lowest BCUT2D eigenvalue weighted by Crippen LogP contribution is -2.14. The van der Waals surface area contributed by atoms with Crippen LogP contribution in [0.15, 0.2) is 35.8 Å². The molecule has 0 amide bonds. The first-order valence-electron chi connectivity index (χ1n) is 4.69. The van der Waals surface area contributed by atoms with Gasteiger partial charge in [0.1, 0.15) is 6.54 Å². The van der Waals surface area contributed by atoms with Crippen LogP contribution in [0, 0.1) is 10.1 Å². The van der Waals surface area contributed by atoms with Crippen LogP contribution in [-0.2, 0) is 6.54 Å². The van der Waals surface area contributed by atoms with Gasteiger partial charge < -0.3 is 0 Å². The summed E-state index contributed by atoms with van der Waals surface area (Å²) in [5.41, 5.74) is 0.0547. The van der Waals surface area contributed by atoms with E-state index in [0.717, 1.165) is 4.88 Å². The van der Waals surface area contributed by atoms with Crippen molar-refractivity contribution in [3.63, 3.8) is 0 Å². The maximum Gasteiger partial charge on any atom is 0.357 e. The minimum absolute atomic E-state index is 0.0547. The molecule has 0 saturated heterocycles. The summed E-state index contributed by atoms with van der Waals surface area (Å²) < 4.78 is 0. The van der Waals surface area contributed by atoms with Crippen LogP contribution in [0.4, 0.5) is 11.5 Å². The fourth-order valence-electron chi connectivity index (χ4n) is 1.31. The highest BCUT2D eigenvalue weighted by Crippen LogP contribution is 2.19. The van der Waals surface area contributed by atoms with Crippen molar-refractivity contribution < 1.29 is 9.91 Å².